The summed E-state index contributed by atoms with van der Waals surface area (Å²) in [5.41, 5.74) is 5.26. The zero-order valence-electron chi connectivity index (χ0n) is 16.6. The van der Waals surface area contributed by atoms with Gasteiger partial charge in [0.05, 0.1) is 24.6 Å². The third kappa shape index (κ3) is 3.72. The minimum atomic E-state index is 0.0429. The number of para-hydroxylation sites is 1. The van der Waals surface area contributed by atoms with E-state index in [9.17, 15) is 5.11 Å². The standard InChI is InChI=1S/C24H24ClN3O2/c25-19-8-5-17(6-9-19)24-21(16-27-11-13-30-14-12-27)28-15-18(7-10-23(28)26-24)20-3-1-2-4-22(20)29/h1-10,15,23,26,29H,11-14,16H2. The van der Waals surface area contributed by atoms with Crippen molar-refractivity contribution in [2.45, 2.75) is 6.17 Å². The van der Waals surface area contributed by atoms with Gasteiger partial charge in [-0.3, -0.25) is 4.90 Å². The van der Waals surface area contributed by atoms with Crippen LogP contribution in [0, 0.1) is 0 Å². The first-order valence-corrected chi connectivity index (χ1v) is 10.6. The monoisotopic (exact) mass is 421 g/mol. The predicted molar refractivity (Wildman–Crippen MR) is 120 cm³/mol. The Labute approximate surface area is 181 Å². The largest absolute Gasteiger partial charge is 0.507 e. The fourth-order valence-electron chi connectivity index (χ4n) is 4.16. The molecule has 3 aliphatic rings. The minimum Gasteiger partial charge on any atom is -0.507 e. The van der Waals surface area contributed by atoms with Crippen LogP contribution in [0.1, 0.15) is 11.1 Å². The molecule has 0 bridgehead atoms. The lowest BCUT2D eigenvalue weighted by molar-refractivity contribution is 0.0401. The van der Waals surface area contributed by atoms with Gasteiger partial charge in [0.25, 0.3) is 0 Å². The van der Waals surface area contributed by atoms with Gasteiger partial charge in [-0.25, -0.2) is 0 Å². The molecule has 1 fully saturated rings. The summed E-state index contributed by atoms with van der Waals surface area (Å²) in [5, 5.41) is 14.7. The fraction of sp³-hybridized carbons (Fsp3) is 0.250. The molecule has 1 atom stereocenters. The molecule has 1 unspecified atom stereocenters. The van der Waals surface area contributed by atoms with Crippen LogP contribution in [-0.2, 0) is 4.74 Å². The number of nitrogens with zero attached hydrogens (tertiary/aromatic N) is 2. The van der Waals surface area contributed by atoms with E-state index in [0.29, 0.717) is 0 Å². The van der Waals surface area contributed by atoms with Gasteiger partial charge in [-0.15, -0.1) is 0 Å². The molecule has 0 saturated carbocycles. The lowest BCUT2D eigenvalue weighted by Crippen LogP contribution is -2.40. The first kappa shape index (κ1) is 19.2. The van der Waals surface area contributed by atoms with Gasteiger partial charge >= 0.3 is 0 Å². The second-order valence-corrected chi connectivity index (χ2v) is 8.11. The molecule has 5 rings (SSSR count). The quantitative estimate of drug-likeness (QED) is 0.784. The van der Waals surface area contributed by atoms with Crippen LogP contribution in [0.15, 0.2) is 72.6 Å². The number of halogens is 1. The SMILES string of the molecule is Oc1ccccc1C1=CN2C(CN3CCOCC3)=C(c3ccc(Cl)cc3)NC2C=C1. The summed E-state index contributed by atoms with van der Waals surface area (Å²) in [5.74, 6) is 0.288. The smallest absolute Gasteiger partial charge is 0.123 e. The Morgan fingerprint density at radius 1 is 1.07 bits per heavy atom. The van der Waals surface area contributed by atoms with Crippen molar-refractivity contribution >= 4 is 22.9 Å². The van der Waals surface area contributed by atoms with Crippen LogP contribution in [-0.4, -0.2) is 53.9 Å². The minimum absolute atomic E-state index is 0.0429. The van der Waals surface area contributed by atoms with Crippen molar-refractivity contribution in [3.05, 3.63) is 88.7 Å². The average Bonchev–Trinajstić information content (AvgIpc) is 3.13. The molecule has 154 valence electrons. The second-order valence-electron chi connectivity index (χ2n) is 7.67. The number of fused-ring (bicyclic) bond motifs is 1. The number of hydrogen-bond acceptors (Lipinski definition) is 5. The van der Waals surface area contributed by atoms with Crippen LogP contribution in [0.3, 0.4) is 0 Å². The van der Waals surface area contributed by atoms with Crippen molar-refractivity contribution in [3.63, 3.8) is 0 Å². The molecule has 1 saturated heterocycles. The summed E-state index contributed by atoms with van der Waals surface area (Å²) in [6.45, 7) is 4.19. The zero-order chi connectivity index (χ0) is 20.5. The van der Waals surface area contributed by atoms with Crippen LogP contribution >= 0.6 is 11.6 Å². The molecular formula is C24H24ClN3O2. The van der Waals surface area contributed by atoms with Crippen molar-refractivity contribution in [3.8, 4) is 5.75 Å². The Bertz CT molecular complexity index is 1020. The highest BCUT2D eigenvalue weighted by molar-refractivity contribution is 6.30. The van der Waals surface area contributed by atoms with Crippen LogP contribution in [0.4, 0.5) is 0 Å². The van der Waals surface area contributed by atoms with E-state index in [-0.39, 0.29) is 11.9 Å². The van der Waals surface area contributed by atoms with Gasteiger partial charge in [0, 0.05) is 42.0 Å². The van der Waals surface area contributed by atoms with Gasteiger partial charge in [0.15, 0.2) is 0 Å². The lowest BCUT2D eigenvalue weighted by Gasteiger charge is -2.32. The number of morpholine rings is 1. The van der Waals surface area contributed by atoms with E-state index >= 15 is 0 Å². The van der Waals surface area contributed by atoms with E-state index in [2.05, 4.69) is 45.6 Å². The first-order valence-electron chi connectivity index (χ1n) is 10.2. The number of allylic oxidation sites excluding steroid dienone is 2. The van der Waals surface area contributed by atoms with Crippen molar-refractivity contribution < 1.29 is 9.84 Å². The summed E-state index contributed by atoms with van der Waals surface area (Å²) in [4.78, 5) is 4.70. The Kier molecular flexibility index (Phi) is 5.25. The summed E-state index contributed by atoms with van der Waals surface area (Å²) in [6.07, 6.45) is 6.39. The fourth-order valence-corrected chi connectivity index (χ4v) is 4.29. The van der Waals surface area contributed by atoms with E-state index in [1.807, 2.05) is 30.3 Å². The maximum atomic E-state index is 10.3. The summed E-state index contributed by atoms with van der Waals surface area (Å²) in [7, 11) is 0. The van der Waals surface area contributed by atoms with E-state index in [1.165, 1.54) is 5.70 Å². The Hall–Kier alpha value is -2.73. The van der Waals surface area contributed by atoms with Gasteiger partial charge in [-0.2, -0.15) is 0 Å². The molecule has 0 amide bonds. The van der Waals surface area contributed by atoms with Crippen molar-refractivity contribution in [2.24, 2.45) is 0 Å². The highest BCUT2D eigenvalue weighted by Gasteiger charge is 2.32. The van der Waals surface area contributed by atoms with E-state index in [0.717, 1.165) is 60.3 Å². The third-order valence-corrected chi connectivity index (χ3v) is 6.01. The molecule has 5 nitrogen and oxygen atoms in total. The number of aromatic hydroxyl groups is 1. The number of nitrogens with one attached hydrogen (secondary N) is 1. The molecule has 3 heterocycles. The molecule has 0 aliphatic carbocycles. The predicted octanol–water partition coefficient (Wildman–Crippen LogP) is 3.89. The van der Waals surface area contributed by atoms with Crippen molar-refractivity contribution in [1.82, 2.24) is 15.1 Å². The summed E-state index contributed by atoms with van der Waals surface area (Å²) < 4.78 is 5.53. The third-order valence-electron chi connectivity index (χ3n) is 5.75. The van der Waals surface area contributed by atoms with E-state index in [4.69, 9.17) is 16.3 Å². The highest BCUT2D eigenvalue weighted by atomic mass is 35.5. The molecule has 0 radical (unpaired) electrons. The van der Waals surface area contributed by atoms with Crippen LogP contribution in [0.25, 0.3) is 11.3 Å². The van der Waals surface area contributed by atoms with Crippen molar-refractivity contribution in [1.29, 1.82) is 0 Å². The van der Waals surface area contributed by atoms with Gasteiger partial charge in [0.1, 0.15) is 11.9 Å². The normalized spacial score (nSPS) is 21.4. The molecule has 2 aromatic rings. The summed E-state index contributed by atoms with van der Waals surface area (Å²) >= 11 is 6.12. The molecule has 30 heavy (non-hydrogen) atoms. The maximum Gasteiger partial charge on any atom is 0.123 e. The number of hydrogen-bond donors (Lipinski definition) is 2. The number of phenols is 1. The van der Waals surface area contributed by atoms with Gasteiger partial charge in [0.2, 0.25) is 0 Å². The maximum absolute atomic E-state index is 10.3. The molecule has 0 spiro atoms. The average molecular weight is 422 g/mol. The topological polar surface area (TPSA) is 48.0 Å². The lowest BCUT2D eigenvalue weighted by atomic mass is 10.0. The Morgan fingerprint density at radius 2 is 1.83 bits per heavy atom. The van der Waals surface area contributed by atoms with Gasteiger partial charge in [-0.1, -0.05) is 48.0 Å². The number of rotatable bonds is 4. The van der Waals surface area contributed by atoms with E-state index in [1.54, 1.807) is 6.07 Å². The van der Waals surface area contributed by atoms with Crippen molar-refractivity contribution in [2.75, 3.05) is 32.8 Å². The van der Waals surface area contributed by atoms with Gasteiger partial charge < -0.3 is 20.1 Å². The Balaban J connectivity index is 1.54. The molecule has 2 N–H and O–H groups in total. The van der Waals surface area contributed by atoms with Crippen LogP contribution < -0.4 is 5.32 Å². The first-order chi connectivity index (χ1) is 14.7. The molecule has 3 aliphatic heterocycles. The highest BCUT2D eigenvalue weighted by Crippen LogP contribution is 2.36. The van der Waals surface area contributed by atoms with Crippen LogP contribution in [0.2, 0.25) is 5.02 Å². The number of benzene rings is 2. The van der Waals surface area contributed by atoms with Gasteiger partial charge in [-0.05, 0) is 29.8 Å². The van der Waals surface area contributed by atoms with Crippen LogP contribution in [0.5, 0.6) is 5.75 Å². The summed E-state index contributed by atoms with van der Waals surface area (Å²) in [6, 6.07) is 15.4. The molecule has 6 heteroatoms. The second kappa shape index (κ2) is 8.19. The Morgan fingerprint density at radius 3 is 2.60 bits per heavy atom. The molecule has 0 aromatic heterocycles. The van der Waals surface area contributed by atoms with E-state index < -0.39 is 0 Å². The molecule has 2 aromatic carbocycles. The zero-order valence-corrected chi connectivity index (χ0v) is 17.3. The molecular weight excluding hydrogens is 398 g/mol. The number of ether oxygens (including phenoxy) is 1. The number of phenolic OH excluding ortho intramolecular Hbond substituents is 1.